The molecule has 1 aromatic rings. The topological polar surface area (TPSA) is 211 Å². The van der Waals surface area contributed by atoms with Crippen LogP contribution in [0.3, 0.4) is 0 Å². The molecule has 0 heterocycles. The molecule has 0 bridgehead atoms. The van der Waals surface area contributed by atoms with Crippen LogP contribution < -0.4 is 11.1 Å². The van der Waals surface area contributed by atoms with Crippen molar-refractivity contribution in [2.45, 2.75) is 30.6 Å². The maximum absolute atomic E-state index is 13.8. The van der Waals surface area contributed by atoms with Crippen molar-refractivity contribution in [3.63, 3.8) is 0 Å². The second-order valence-corrected chi connectivity index (χ2v) is 9.24. The number of ketones is 2. The highest BCUT2D eigenvalue weighted by Crippen LogP contribution is 2.56. The summed E-state index contributed by atoms with van der Waals surface area (Å²) in [6.45, 7) is 1.61. The molecule has 3 aliphatic carbocycles. The Kier molecular flexibility index (Phi) is 5.51. The Labute approximate surface area is 199 Å². The number of benzene rings is 1. The molecule has 4 rings (SSSR count). The lowest BCUT2D eigenvalue weighted by molar-refractivity contribution is -0.169. The summed E-state index contributed by atoms with van der Waals surface area (Å²) in [4.78, 5) is 51.1. The van der Waals surface area contributed by atoms with Crippen LogP contribution in [0.4, 0.5) is 5.69 Å². The van der Waals surface area contributed by atoms with Gasteiger partial charge < -0.3 is 36.6 Å². The van der Waals surface area contributed by atoms with Gasteiger partial charge in [0.1, 0.15) is 22.8 Å². The normalized spacial score (nSPS) is 32.2. The number of likely N-dealkylation sites (N-methyl/N-ethyl adjacent to an activating group) is 1. The number of aliphatic hydroxyl groups is 4. The molecule has 2 amide bonds. The summed E-state index contributed by atoms with van der Waals surface area (Å²) in [7, 11) is 2.87. The second-order valence-electron chi connectivity index (χ2n) is 9.24. The summed E-state index contributed by atoms with van der Waals surface area (Å²) < 4.78 is 0. The van der Waals surface area contributed by atoms with Crippen LogP contribution >= 0.6 is 0 Å². The van der Waals surface area contributed by atoms with Crippen molar-refractivity contribution >= 4 is 35.3 Å². The van der Waals surface area contributed by atoms with Crippen molar-refractivity contribution in [3.8, 4) is 5.75 Å². The van der Waals surface area contributed by atoms with Crippen molar-refractivity contribution in [1.29, 1.82) is 0 Å². The Morgan fingerprint density at radius 2 is 1.83 bits per heavy atom. The molecule has 1 saturated carbocycles. The predicted molar refractivity (Wildman–Crippen MR) is 120 cm³/mol. The number of rotatable bonds is 4. The number of hydrogen-bond acceptors (Lipinski definition) is 10. The molecule has 186 valence electrons. The largest absolute Gasteiger partial charge is 0.508 e. The number of primary amides is 1. The van der Waals surface area contributed by atoms with Gasteiger partial charge in [-0.2, -0.15) is 0 Å². The van der Waals surface area contributed by atoms with Crippen molar-refractivity contribution in [1.82, 2.24) is 4.90 Å². The van der Waals surface area contributed by atoms with Gasteiger partial charge in [-0.05, 0) is 31.6 Å². The summed E-state index contributed by atoms with van der Waals surface area (Å²) in [5.41, 5.74) is 0.884. The molecule has 1 fully saturated rings. The lowest BCUT2D eigenvalue weighted by Gasteiger charge is -2.53. The molecular weight excluding hydrogens is 462 g/mol. The first-order valence-corrected chi connectivity index (χ1v) is 10.7. The SMILES string of the molecule is CC1c2ccc(NC=O)c(O)c2C(O)=C2C(=O)C3(O)C(O)=C(C(N)=O)C(=O)C(N(C)C)C3C(O)C21. The summed E-state index contributed by atoms with van der Waals surface area (Å²) in [6.07, 6.45) is -1.36. The summed E-state index contributed by atoms with van der Waals surface area (Å²) in [5, 5.41) is 57.9. The molecule has 3 aliphatic rings. The third kappa shape index (κ3) is 2.97. The number of amides is 2. The van der Waals surface area contributed by atoms with E-state index in [9.17, 15) is 44.7 Å². The smallest absolute Gasteiger partial charge is 0.255 e. The number of fused-ring (bicyclic) bond motifs is 3. The van der Waals surface area contributed by atoms with Gasteiger partial charge in [-0.3, -0.25) is 24.1 Å². The molecule has 0 aromatic heterocycles. The Bertz CT molecular complexity index is 1250. The maximum atomic E-state index is 13.8. The van der Waals surface area contributed by atoms with Crippen LogP contribution in [0.25, 0.3) is 5.76 Å². The molecular formula is C23H25N3O9. The monoisotopic (exact) mass is 487 g/mol. The third-order valence-electron chi connectivity index (χ3n) is 7.34. The van der Waals surface area contributed by atoms with Gasteiger partial charge in [-0.15, -0.1) is 0 Å². The minimum Gasteiger partial charge on any atom is -0.508 e. The minimum absolute atomic E-state index is 0.0633. The molecule has 12 heteroatoms. The molecule has 35 heavy (non-hydrogen) atoms. The van der Waals surface area contributed by atoms with Crippen LogP contribution in [0.2, 0.25) is 0 Å². The van der Waals surface area contributed by atoms with E-state index in [1.807, 2.05) is 0 Å². The number of nitrogens with zero attached hydrogens (tertiary/aromatic N) is 1. The van der Waals surface area contributed by atoms with Gasteiger partial charge in [-0.1, -0.05) is 13.0 Å². The van der Waals surface area contributed by atoms with Gasteiger partial charge in [0.15, 0.2) is 11.4 Å². The lowest BCUT2D eigenvalue weighted by Crippen LogP contribution is -2.70. The number of carbonyl (C=O) groups excluding carboxylic acids is 4. The van der Waals surface area contributed by atoms with Gasteiger partial charge in [0, 0.05) is 11.5 Å². The van der Waals surface area contributed by atoms with Crippen LogP contribution in [-0.2, 0) is 19.2 Å². The fourth-order valence-electron chi connectivity index (χ4n) is 5.80. The van der Waals surface area contributed by atoms with Crippen LogP contribution in [0.1, 0.15) is 24.0 Å². The van der Waals surface area contributed by atoms with Gasteiger partial charge >= 0.3 is 0 Å². The molecule has 1 aromatic carbocycles. The zero-order valence-corrected chi connectivity index (χ0v) is 19.0. The predicted octanol–water partition coefficient (Wildman–Crippen LogP) is -0.936. The van der Waals surface area contributed by atoms with Crippen LogP contribution in [0, 0.1) is 11.8 Å². The average Bonchev–Trinajstić information content (AvgIpc) is 2.77. The lowest BCUT2D eigenvalue weighted by atomic mass is 9.54. The quantitative estimate of drug-likeness (QED) is 0.157. The highest BCUT2D eigenvalue weighted by molar-refractivity contribution is 6.24. The van der Waals surface area contributed by atoms with Crippen molar-refractivity contribution in [3.05, 3.63) is 40.2 Å². The zero-order valence-electron chi connectivity index (χ0n) is 19.0. The first-order valence-electron chi connectivity index (χ1n) is 10.7. The Balaban J connectivity index is 2.05. The van der Waals surface area contributed by atoms with Gasteiger partial charge in [0.05, 0.1) is 29.3 Å². The van der Waals surface area contributed by atoms with E-state index in [4.69, 9.17) is 5.73 Å². The molecule has 6 atom stereocenters. The highest BCUT2D eigenvalue weighted by Gasteiger charge is 2.68. The van der Waals surface area contributed by atoms with E-state index >= 15 is 0 Å². The molecule has 0 aliphatic heterocycles. The molecule has 6 unspecified atom stereocenters. The highest BCUT2D eigenvalue weighted by atomic mass is 16.4. The fourth-order valence-corrected chi connectivity index (χ4v) is 5.80. The van der Waals surface area contributed by atoms with E-state index < -0.39 is 81.4 Å². The Morgan fingerprint density at radius 1 is 1.20 bits per heavy atom. The van der Waals surface area contributed by atoms with Crippen molar-refractivity contribution in [2.24, 2.45) is 17.6 Å². The van der Waals surface area contributed by atoms with E-state index in [0.29, 0.717) is 12.0 Å². The Morgan fingerprint density at radius 3 is 2.37 bits per heavy atom. The number of anilines is 1. The molecule has 0 spiro atoms. The molecule has 0 radical (unpaired) electrons. The number of nitrogens with one attached hydrogen (secondary N) is 1. The standard InChI is InChI=1S/C23H25N3O9/c1-7-8-4-5-9(25-6-27)16(28)11(8)17(29)12-10(7)18(30)14-15(26(2)3)19(31)13(22(24)34)21(33)23(14,35)20(12)32/h4-7,10,14-15,18,28-30,33,35H,1-3H3,(H2,24,34)(H,25,27). The van der Waals surface area contributed by atoms with E-state index in [1.54, 1.807) is 6.92 Å². The van der Waals surface area contributed by atoms with E-state index in [2.05, 4.69) is 5.32 Å². The third-order valence-corrected chi connectivity index (χ3v) is 7.34. The van der Waals surface area contributed by atoms with Gasteiger partial charge in [0.2, 0.25) is 12.2 Å². The van der Waals surface area contributed by atoms with E-state index in [0.717, 1.165) is 0 Å². The minimum atomic E-state index is -2.97. The molecule has 0 saturated heterocycles. The number of nitrogens with two attached hydrogens (primary N) is 1. The second kappa shape index (κ2) is 7.90. The molecule has 12 nitrogen and oxygen atoms in total. The number of phenols is 1. The number of aliphatic hydroxyl groups excluding tert-OH is 3. The molecule has 8 N–H and O–H groups in total. The van der Waals surface area contributed by atoms with E-state index in [-0.39, 0.29) is 11.3 Å². The van der Waals surface area contributed by atoms with Crippen molar-refractivity contribution in [2.75, 3.05) is 19.4 Å². The van der Waals surface area contributed by atoms with Crippen LogP contribution in [0.5, 0.6) is 5.75 Å². The number of hydrogen-bond donors (Lipinski definition) is 7. The zero-order chi connectivity index (χ0) is 26.1. The summed E-state index contributed by atoms with van der Waals surface area (Å²) >= 11 is 0. The summed E-state index contributed by atoms with van der Waals surface area (Å²) in [6, 6.07) is 1.46. The van der Waals surface area contributed by atoms with Crippen LogP contribution in [-0.4, -0.2) is 86.2 Å². The fraction of sp³-hybridized carbons (Fsp3) is 0.391. The maximum Gasteiger partial charge on any atom is 0.255 e. The number of phenolic OH excluding ortho intramolecular Hbond substituents is 1. The Hall–Kier alpha value is -3.74. The summed E-state index contributed by atoms with van der Waals surface area (Å²) in [5.74, 6) is -9.73. The number of carbonyl (C=O) groups is 4. The number of aromatic hydroxyl groups is 1. The van der Waals surface area contributed by atoms with E-state index in [1.165, 1.54) is 31.1 Å². The van der Waals surface area contributed by atoms with Crippen molar-refractivity contribution < 1.29 is 44.7 Å². The van der Waals surface area contributed by atoms with Gasteiger partial charge in [0.25, 0.3) is 5.91 Å². The first-order chi connectivity index (χ1) is 16.3. The number of Topliss-reactive ketones (excluding diaryl/α,β-unsaturated/α-hetero) is 2. The average molecular weight is 487 g/mol. The van der Waals surface area contributed by atoms with Gasteiger partial charge in [-0.25, -0.2) is 0 Å². The van der Waals surface area contributed by atoms with Crippen LogP contribution in [0.15, 0.2) is 29.0 Å². The first kappa shape index (κ1) is 24.4.